The molecule has 3 amide bonds. The molecular formula is C17H23ClN4O3. The van der Waals surface area contributed by atoms with E-state index in [0.29, 0.717) is 17.9 Å². The molecule has 0 aliphatic carbocycles. The lowest BCUT2D eigenvalue weighted by Crippen LogP contribution is -2.52. The Kier molecular flexibility index (Phi) is 6.39. The third kappa shape index (κ3) is 4.29. The quantitative estimate of drug-likeness (QED) is 0.836. The van der Waals surface area contributed by atoms with Crippen LogP contribution in [0.3, 0.4) is 0 Å². The summed E-state index contributed by atoms with van der Waals surface area (Å²) in [7, 11) is 0. The van der Waals surface area contributed by atoms with Crippen LogP contribution >= 0.6 is 12.4 Å². The van der Waals surface area contributed by atoms with E-state index in [-0.39, 0.29) is 55.6 Å². The number of fused-ring (bicyclic) bond motifs is 1. The van der Waals surface area contributed by atoms with Crippen LogP contribution in [0.5, 0.6) is 0 Å². The van der Waals surface area contributed by atoms with Gasteiger partial charge in [-0.3, -0.25) is 14.4 Å². The van der Waals surface area contributed by atoms with Crippen molar-refractivity contribution in [1.82, 2.24) is 10.2 Å². The third-order valence-corrected chi connectivity index (χ3v) is 4.45. The summed E-state index contributed by atoms with van der Waals surface area (Å²) >= 11 is 0. The zero-order valence-corrected chi connectivity index (χ0v) is 15.0. The highest BCUT2D eigenvalue weighted by Gasteiger charge is 2.28. The molecule has 0 aromatic heterocycles. The highest BCUT2D eigenvalue weighted by Crippen LogP contribution is 2.29. The van der Waals surface area contributed by atoms with Gasteiger partial charge in [0, 0.05) is 38.5 Å². The summed E-state index contributed by atoms with van der Waals surface area (Å²) in [5.41, 5.74) is 1.31. The highest BCUT2D eigenvalue weighted by atomic mass is 35.5. The van der Waals surface area contributed by atoms with Crippen LogP contribution in [0.1, 0.15) is 19.8 Å². The molecule has 7 nitrogen and oxygen atoms in total. The zero-order chi connectivity index (χ0) is 17.1. The van der Waals surface area contributed by atoms with Gasteiger partial charge in [-0.05, 0) is 19.1 Å². The van der Waals surface area contributed by atoms with E-state index >= 15 is 0 Å². The molecule has 0 saturated carbocycles. The molecule has 25 heavy (non-hydrogen) atoms. The molecule has 2 heterocycles. The third-order valence-electron chi connectivity index (χ3n) is 4.45. The Labute approximate surface area is 153 Å². The monoisotopic (exact) mass is 366 g/mol. The van der Waals surface area contributed by atoms with Crippen molar-refractivity contribution in [2.24, 2.45) is 0 Å². The number of para-hydroxylation sites is 2. The van der Waals surface area contributed by atoms with Crippen molar-refractivity contribution in [2.45, 2.75) is 25.8 Å². The lowest BCUT2D eigenvalue weighted by Gasteiger charge is -2.34. The van der Waals surface area contributed by atoms with E-state index in [9.17, 15) is 14.4 Å². The van der Waals surface area contributed by atoms with Gasteiger partial charge in [-0.1, -0.05) is 12.1 Å². The average molecular weight is 367 g/mol. The molecule has 0 radical (unpaired) electrons. The van der Waals surface area contributed by atoms with Gasteiger partial charge in [-0.2, -0.15) is 0 Å². The normalized spacial score (nSPS) is 19.6. The number of nitrogens with zero attached hydrogens (tertiary/aromatic N) is 2. The Balaban J connectivity index is 0.00000225. The van der Waals surface area contributed by atoms with Crippen LogP contribution in [0.15, 0.2) is 24.3 Å². The van der Waals surface area contributed by atoms with Gasteiger partial charge >= 0.3 is 0 Å². The standard InChI is InChI=1S/C17H22N4O3.ClH/c1-12-10-18-8-9-20(12)16(23)6-7-17(24)21-11-15(22)19-13-4-2-3-5-14(13)21;/h2-5,12,18H,6-11H2,1H3,(H,19,22);1H/t12-;/m0./s1. The summed E-state index contributed by atoms with van der Waals surface area (Å²) in [6.45, 7) is 4.22. The largest absolute Gasteiger partial charge is 0.337 e. The number of nitrogens with one attached hydrogen (secondary N) is 2. The maximum atomic E-state index is 12.5. The second-order valence-electron chi connectivity index (χ2n) is 6.19. The van der Waals surface area contributed by atoms with Crippen LogP contribution in [0.2, 0.25) is 0 Å². The minimum Gasteiger partial charge on any atom is -0.337 e. The number of anilines is 2. The van der Waals surface area contributed by atoms with Gasteiger partial charge in [-0.25, -0.2) is 0 Å². The van der Waals surface area contributed by atoms with Crippen molar-refractivity contribution in [3.05, 3.63) is 24.3 Å². The van der Waals surface area contributed by atoms with E-state index < -0.39 is 0 Å². The number of amides is 3. The first-order chi connectivity index (χ1) is 11.6. The topological polar surface area (TPSA) is 81.8 Å². The van der Waals surface area contributed by atoms with E-state index in [1.54, 1.807) is 12.1 Å². The summed E-state index contributed by atoms with van der Waals surface area (Å²) in [4.78, 5) is 40.0. The van der Waals surface area contributed by atoms with E-state index in [0.717, 1.165) is 13.1 Å². The maximum Gasteiger partial charge on any atom is 0.244 e. The Hall–Kier alpha value is -2.12. The van der Waals surface area contributed by atoms with Gasteiger partial charge < -0.3 is 20.4 Å². The minimum atomic E-state index is -0.218. The molecule has 0 bridgehead atoms. The van der Waals surface area contributed by atoms with Crippen molar-refractivity contribution in [3.8, 4) is 0 Å². The number of hydrogen-bond acceptors (Lipinski definition) is 4. The van der Waals surface area contributed by atoms with Gasteiger partial charge in [0.2, 0.25) is 17.7 Å². The van der Waals surface area contributed by atoms with Crippen molar-refractivity contribution < 1.29 is 14.4 Å². The predicted octanol–water partition coefficient (Wildman–Crippen LogP) is 0.994. The molecule has 2 aliphatic rings. The van der Waals surface area contributed by atoms with Gasteiger partial charge in [-0.15, -0.1) is 12.4 Å². The molecule has 1 aromatic rings. The maximum absolute atomic E-state index is 12.5. The number of rotatable bonds is 3. The van der Waals surface area contributed by atoms with Crippen molar-refractivity contribution in [3.63, 3.8) is 0 Å². The Bertz CT molecular complexity index is 667. The van der Waals surface area contributed by atoms with Crippen LogP contribution in [0.4, 0.5) is 11.4 Å². The van der Waals surface area contributed by atoms with Gasteiger partial charge in [0.15, 0.2) is 0 Å². The average Bonchev–Trinajstić information content (AvgIpc) is 2.59. The number of halogens is 1. The molecule has 2 aliphatic heterocycles. The number of hydrogen-bond donors (Lipinski definition) is 2. The van der Waals surface area contributed by atoms with Crippen LogP contribution in [-0.2, 0) is 14.4 Å². The molecule has 1 saturated heterocycles. The fourth-order valence-electron chi connectivity index (χ4n) is 3.16. The van der Waals surface area contributed by atoms with Gasteiger partial charge in [0.1, 0.15) is 6.54 Å². The Morgan fingerprint density at radius 3 is 2.68 bits per heavy atom. The minimum absolute atomic E-state index is 0. The van der Waals surface area contributed by atoms with Gasteiger partial charge in [0.25, 0.3) is 0 Å². The molecule has 0 unspecified atom stereocenters. The molecule has 1 atom stereocenters. The molecule has 1 fully saturated rings. The SMILES string of the molecule is C[C@H]1CNCCN1C(=O)CCC(=O)N1CC(=O)Nc2ccccc21.Cl. The molecular weight excluding hydrogens is 344 g/mol. The van der Waals surface area contributed by atoms with E-state index in [1.807, 2.05) is 24.0 Å². The molecule has 8 heteroatoms. The fourth-order valence-corrected chi connectivity index (χ4v) is 3.16. The smallest absolute Gasteiger partial charge is 0.244 e. The Morgan fingerprint density at radius 2 is 1.92 bits per heavy atom. The Morgan fingerprint density at radius 1 is 1.20 bits per heavy atom. The van der Waals surface area contributed by atoms with Crippen LogP contribution in [-0.4, -0.2) is 54.8 Å². The number of piperazine rings is 1. The highest BCUT2D eigenvalue weighted by molar-refractivity contribution is 6.10. The van der Waals surface area contributed by atoms with Crippen LogP contribution in [0.25, 0.3) is 0 Å². The molecule has 2 N–H and O–H groups in total. The first-order valence-electron chi connectivity index (χ1n) is 8.25. The molecule has 3 rings (SSSR count). The van der Waals surface area contributed by atoms with Crippen molar-refractivity contribution in [2.75, 3.05) is 36.4 Å². The summed E-state index contributed by atoms with van der Waals surface area (Å²) < 4.78 is 0. The molecule has 0 spiro atoms. The van der Waals surface area contributed by atoms with Crippen molar-refractivity contribution >= 4 is 41.5 Å². The van der Waals surface area contributed by atoms with E-state index in [2.05, 4.69) is 10.6 Å². The van der Waals surface area contributed by atoms with Crippen LogP contribution < -0.4 is 15.5 Å². The lowest BCUT2D eigenvalue weighted by molar-refractivity contribution is -0.135. The summed E-state index contributed by atoms with van der Waals surface area (Å²) in [6, 6.07) is 7.34. The first-order valence-corrected chi connectivity index (χ1v) is 8.25. The van der Waals surface area contributed by atoms with Crippen LogP contribution in [0, 0.1) is 0 Å². The summed E-state index contributed by atoms with van der Waals surface area (Å²) in [5, 5.41) is 5.99. The summed E-state index contributed by atoms with van der Waals surface area (Å²) in [6.07, 6.45) is 0.278. The van der Waals surface area contributed by atoms with Crippen molar-refractivity contribution in [1.29, 1.82) is 0 Å². The van der Waals surface area contributed by atoms with E-state index in [4.69, 9.17) is 0 Å². The first kappa shape index (κ1) is 19.2. The second kappa shape index (κ2) is 8.31. The fraction of sp³-hybridized carbons (Fsp3) is 0.471. The number of carbonyl (C=O) groups is 3. The summed E-state index contributed by atoms with van der Waals surface area (Å²) in [5.74, 6) is -0.426. The number of carbonyl (C=O) groups excluding carboxylic acids is 3. The predicted molar refractivity (Wildman–Crippen MR) is 98.0 cm³/mol. The molecule has 136 valence electrons. The van der Waals surface area contributed by atoms with Gasteiger partial charge in [0.05, 0.1) is 11.4 Å². The zero-order valence-electron chi connectivity index (χ0n) is 14.2. The second-order valence-corrected chi connectivity index (χ2v) is 6.19. The number of benzene rings is 1. The lowest BCUT2D eigenvalue weighted by atomic mass is 10.1. The molecule has 1 aromatic carbocycles. The van der Waals surface area contributed by atoms with E-state index in [1.165, 1.54) is 4.90 Å².